The zero-order valence-corrected chi connectivity index (χ0v) is 15.8. The maximum Gasteiger partial charge on any atom is 0.255 e. The Labute approximate surface area is 153 Å². The maximum atomic E-state index is 12.4. The fourth-order valence-corrected chi connectivity index (χ4v) is 3.07. The lowest BCUT2D eigenvalue weighted by Gasteiger charge is -2.10. The van der Waals surface area contributed by atoms with Crippen LogP contribution in [0, 0.1) is 20.8 Å². The summed E-state index contributed by atoms with van der Waals surface area (Å²) < 4.78 is 0. The molecule has 0 bridgehead atoms. The minimum absolute atomic E-state index is 0.0933. The van der Waals surface area contributed by atoms with Gasteiger partial charge in [0.1, 0.15) is 0 Å². The number of benzene rings is 1. The molecule has 1 aromatic carbocycles. The molecule has 0 aliphatic rings. The van der Waals surface area contributed by atoms with Crippen LogP contribution in [0.4, 0.5) is 11.9 Å². The number of nitrogens with zero attached hydrogens (tertiary/aromatic N) is 3. The van der Waals surface area contributed by atoms with E-state index < -0.39 is 0 Å². The molecule has 0 unspecified atom stereocenters. The zero-order chi connectivity index (χ0) is 18.7. The lowest BCUT2D eigenvalue weighted by molar-refractivity contribution is 0.707. The third-order valence-electron chi connectivity index (χ3n) is 4.52. The quantitative estimate of drug-likeness (QED) is 0.653. The van der Waals surface area contributed by atoms with Crippen LogP contribution in [0.15, 0.2) is 23.0 Å². The monoisotopic (exact) mass is 351 g/mol. The van der Waals surface area contributed by atoms with E-state index in [9.17, 15) is 4.79 Å². The molecular weight excluding hydrogens is 326 g/mol. The van der Waals surface area contributed by atoms with E-state index in [-0.39, 0.29) is 5.56 Å². The van der Waals surface area contributed by atoms with Crippen LogP contribution in [0.1, 0.15) is 48.7 Å². The number of nitrogens with one attached hydrogen (secondary N) is 2. The second-order valence-electron chi connectivity index (χ2n) is 6.71. The second kappa shape index (κ2) is 7.64. The van der Waals surface area contributed by atoms with Crippen molar-refractivity contribution in [3.05, 3.63) is 51.1 Å². The smallest absolute Gasteiger partial charge is 0.255 e. The molecule has 0 radical (unpaired) electrons. The van der Waals surface area contributed by atoms with Crippen LogP contribution < -0.4 is 10.9 Å². The first-order valence-electron chi connectivity index (χ1n) is 9.09. The van der Waals surface area contributed by atoms with Gasteiger partial charge in [-0.2, -0.15) is 0 Å². The first-order chi connectivity index (χ1) is 12.5. The minimum atomic E-state index is -0.0933. The standard InChI is InChI=1S/C20H25N5O/c1-5-6-7-8-15-13(3)21-20(24-18(15)26)25-19-22-14(4)16-11-12(2)9-10-17(16)23-19/h9-11H,5-8H2,1-4H3,(H2,21,22,23,24,25,26). The molecular formula is C20H25N5O. The Morgan fingerprint density at radius 3 is 2.58 bits per heavy atom. The molecule has 0 fully saturated rings. The summed E-state index contributed by atoms with van der Waals surface area (Å²) in [6.45, 7) is 8.02. The molecule has 6 nitrogen and oxygen atoms in total. The molecule has 3 aromatic rings. The molecule has 2 aromatic heterocycles. The van der Waals surface area contributed by atoms with Gasteiger partial charge in [-0.15, -0.1) is 0 Å². The van der Waals surface area contributed by atoms with E-state index in [0.717, 1.165) is 53.5 Å². The number of H-pyrrole nitrogens is 1. The molecule has 0 amide bonds. The molecule has 0 saturated heterocycles. The van der Waals surface area contributed by atoms with E-state index >= 15 is 0 Å². The summed E-state index contributed by atoms with van der Waals surface area (Å²) in [5, 5.41) is 4.07. The van der Waals surface area contributed by atoms with Gasteiger partial charge in [-0.05, 0) is 45.7 Å². The van der Waals surface area contributed by atoms with Gasteiger partial charge in [-0.3, -0.25) is 15.1 Å². The fourth-order valence-electron chi connectivity index (χ4n) is 3.07. The zero-order valence-electron chi connectivity index (χ0n) is 15.8. The van der Waals surface area contributed by atoms with Crippen molar-refractivity contribution in [1.82, 2.24) is 19.9 Å². The normalized spacial score (nSPS) is 11.1. The first kappa shape index (κ1) is 18.0. The lowest BCUT2D eigenvalue weighted by Crippen LogP contribution is -2.18. The molecule has 3 rings (SSSR count). The Hall–Kier alpha value is -2.76. The van der Waals surface area contributed by atoms with Crippen molar-refractivity contribution in [3.63, 3.8) is 0 Å². The average molecular weight is 351 g/mol. The van der Waals surface area contributed by atoms with E-state index in [4.69, 9.17) is 0 Å². The van der Waals surface area contributed by atoms with E-state index in [0.29, 0.717) is 11.9 Å². The van der Waals surface area contributed by atoms with Crippen molar-refractivity contribution >= 4 is 22.8 Å². The van der Waals surface area contributed by atoms with Crippen LogP contribution >= 0.6 is 0 Å². The molecule has 2 heterocycles. The molecule has 2 N–H and O–H groups in total. The Balaban J connectivity index is 1.88. The summed E-state index contributed by atoms with van der Waals surface area (Å²) in [6, 6.07) is 6.07. The topological polar surface area (TPSA) is 83.6 Å². The van der Waals surface area contributed by atoms with Gasteiger partial charge in [0.05, 0.1) is 11.2 Å². The first-order valence-corrected chi connectivity index (χ1v) is 9.09. The van der Waals surface area contributed by atoms with Gasteiger partial charge >= 0.3 is 0 Å². The van der Waals surface area contributed by atoms with Crippen LogP contribution in [-0.4, -0.2) is 19.9 Å². The molecule has 0 atom stereocenters. The van der Waals surface area contributed by atoms with E-state index in [1.165, 1.54) is 5.56 Å². The summed E-state index contributed by atoms with van der Waals surface area (Å²) in [6.07, 6.45) is 4.00. The number of aromatic nitrogens is 4. The third-order valence-corrected chi connectivity index (χ3v) is 4.52. The Morgan fingerprint density at radius 1 is 1.04 bits per heavy atom. The van der Waals surface area contributed by atoms with Crippen LogP contribution in [0.3, 0.4) is 0 Å². The number of hydrogen-bond acceptors (Lipinski definition) is 5. The largest absolute Gasteiger partial charge is 0.294 e. The highest BCUT2D eigenvalue weighted by Gasteiger charge is 2.10. The van der Waals surface area contributed by atoms with Crippen LogP contribution in [0.25, 0.3) is 10.9 Å². The Kier molecular flexibility index (Phi) is 5.30. The molecule has 0 spiro atoms. The van der Waals surface area contributed by atoms with Crippen LogP contribution in [0.5, 0.6) is 0 Å². The van der Waals surface area contributed by atoms with Crippen molar-refractivity contribution in [3.8, 4) is 0 Å². The molecule has 6 heteroatoms. The highest BCUT2D eigenvalue weighted by atomic mass is 16.1. The maximum absolute atomic E-state index is 12.4. The number of rotatable bonds is 6. The van der Waals surface area contributed by atoms with Crippen LogP contribution in [0.2, 0.25) is 0 Å². The number of fused-ring (bicyclic) bond motifs is 1. The van der Waals surface area contributed by atoms with Gasteiger partial charge in [-0.25, -0.2) is 15.0 Å². The van der Waals surface area contributed by atoms with Gasteiger partial charge in [-0.1, -0.05) is 31.4 Å². The highest BCUT2D eigenvalue weighted by molar-refractivity contribution is 5.82. The highest BCUT2D eigenvalue weighted by Crippen LogP contribution is 2.20. The molecule has 26 heavy (non-hydrogen) atoms. The van der Waals surface area contributed by atoms with E-state index in [1.54, 1.807) is 0 Å². The van der Waals surface area contributed by atoms with Gasteiger partial charge in [0.25, 0.3) is 5.56 Å². The third kappa shape index (κ3) is 3.90. The summed E-state index contributed by atoms with van der Waals surface area (Å²) in [5.74, 6) is 0.803. The molecule has 136 valence electrons. The predicted molar refractivity (Wildman–Crippen MR) is 105 cm³/mol. The minimum Gasteiger partial charge on any atom is -0.294 e. The summed E-state index contributed by atoms with van der Waals surface area (Å²) in [5.41, 5.74) is 4.34. The number of hydrogen-bond donors (Lipinski definition) is 2. The number of aromatic amines is 1. The van der Waals surface area contributed by atoms with Crippen molar-refractivity contribution < 1.29 is 0 Å². The SMILES string of the molecule is CCCCCc1c(C)nc(Nc2nc(C)c3cc(C)ccc3n2)[nH]c1=O. The van der Waals surface area contributed by atoms with Gasteiger partial charge in [0.15, 0.2) is 0 Å². The molecule has 0 saturated carbocycles. The number of unbranched alkanes of at least 4 members (excludes halogenated alkanes) is 2. The fraction of sp³-hybridized carbons (Fsp3) is 0.400. The predicted octanol–water partition coefficient (Wildman–Crippen LogP) is 4.11. The summed E-state index contributed by atoms with van der Waals surface area (Å²) in [7, 11) is 0. The van der Waals surface area contributed by atoms with Gasteiger partial charge in [0.2, 0.25) is 11.9 Å². The van der Waals surface area contributed by atoms with Crippen molar-refractivity contribution in [2.24, 2.45) is 0 Å². The average Bonchev–Trinajstić information content (AvgIpc) is 2.58. The number of aryl methyl sites for hydroxylation is 3. The van der Waals surface area contributed by atoms with Crippen molar-refractivity contribution in [2.45, 2.75) is 53.4 Å². The van der Waals surface area contributed by atoms with E-state index in [2.05, 4.69) is 38.2 Å². The molecule has 0 aliphatic carbocycles. The van der Waals surface area contributed by atoms with E-state index in [1.807, 2.05) is 32.9 Å². The van der Waals surface area contributed by atoms with Gasteiger partial charge in [0, 0.05) is 16.6 Å². The van der Waals surface area contributed by atoms with Crippen molar-refractivity contribution in [2.75, 3.05) is 5.32 Å². The Morgan fingerprint density at radius 2 is 1.85 bits per heavy atom. The van der Waals surface area contributed by atoms with Gasteiger partial charge < -0.3 is 0 Å². The Bertz CT molecular complexity index is 993. The van der Waals surface area contributed by atoms with Crippen LogP contribution in [-0.2, 0) is 6.42 Å². The second-order valence-corrected chi connectivity index (χ2v) is 6.71. The summed E-state index contributed by atoms with van der Waals surface area (Å²) >= 11 is 0. The molecule has 0 aliphatic heterocycles. The number of anilines is 2. The summed E-state index contributed by atoms with van der Waals surface area (Å²) in [4.78, 5) is 28.7. The lowest BCUT2D eigenvalue weighted by atomic mass is 10.1. The van der Waals surface area contributed by atoms with Crippen molar-refractivity contribution in [1.29, 1.82) is 0 Å².